The molecular weight excluding hydrogens is 421 g/mol. The highest BCUT2D eigenvalue weighted by Gasteiger charge is 2.33. The summed E-state index contributed by atoms with van der Waals surface area (Å²) < 4.78 is 70.5. The molecule has 0 aliphatic rings. The molecule has 0 saturated carbocycles. The summed E-state index contributed by atoms with van der Waals surface area (Å²) in [7, 11) is -2.97. The Morgan fingerprint density at radius 3 is 2.53 bits per heavy atom. The fourth-order valence-electron chi connectivity index (χ4n) is 2.64. The minimum atomic E-state index is -4.70. The number of alkyl halides is 3. The highest BCUT2D eigenvalue weighted by Crippen LogP contribution is 2.31. The Hall–Kier alpha value is -2.85. The van der Waals surface area contributed by atoms with Crippen molar-refractivity contribution in [3.05, 3.63) is 66.2 Å². The van der Waals surface area contributed by atoms with E-state index in [2.05, 4.69) is 11.9 Å². The van der Waals surface area contributed by atoms with Gasteiger partial charge in [-0.05, 0) is 42.8 Å². The van der Waals surface area contributed by atoms with Gasteiger partial charge in [0, 0.05) is 6.54 Å². The number of aryl methyl sites for hydroxylation is 1. The van der Waals surface area contributed by atoms with Gasteiger partial charge in [-0.2, -0.15) is 17.5 Å². The third-order valence-corrected chi connectivity index (χ3v) is 5.89. The molecule has 0 heterocycles. The maximum atomic E-state index is 13.0. The topological polar surface area (TPSA) is 75.7 Å². The van der Waals surface area contributed by atoms with Gasteiger partial charge in [-0.3, -0.25) is 4.79 Å². The molecule has 1 N–H and O–H groups in total. The number of hydrogen-bond donors (Lipinski definition) is 1. The van der Waals surface area contributed by atoms with Crippen LogP contribution in [0, 0.1) is 6.92 Å². The number of carbonyl (C=O) groups is 1. The average Bonchev–Trinajstić information content (AvgIpc) is 2.67. The third-order valence-electron chi connectivity index (χ3n) is 4.08. The summed E-state index contributed by atoms with van der Waals surface area (Å²) in [5.41, 5.74) is 0.0826. The number of sulfonamides is 1. The Labute approximate surface area is 173 Å². The molecule has 2 rings (SSSR count). The number of ether oxygens (including phenoxy) is 1. The van der Waals surface area contributed by atoms with Crippen LogP contribution in [0.5, 0.6) is 5.75 Å². The molecule has 162 valence electrons. The first-order chi connectivity index (χ1) is 14.0. The molecule has 0 atom stereocenters. The average molecular weight is 442 g/mol. The Morgan fingerprint density at radius 2 is 1.93 bits per heavy atom. The van der Waals surface area contributed by atoms with E-state index in [0.717, 1.165) is 28.1 Å². The summed E-state index contributed by atoms with van der Waals surface area (Å²) in [6, 6.07) is 8.42. The number of nitrogens with one attached hydrogen (secondary N) is 1. The van der Waals surface area contributed by atoms with E-state index in [1.54, 1.807) is 25.1 Å². The van der Waals surface area contributed by atoms with Crippen LogP contribution in [-0.4, -0.2) is 38.8 Å². The minimum absolute atomic E-state index is 0.267. The zero-order chi connectivity index (χ0) is 22.5. The number of benzene rings is 2. The van der Waals surface area contributed by atoms with Crippen LogP contribution in [0.25, 0.3) is 0 Å². The van der Waals surface area contributed by atoms with Gasteiger partial charge in [0.25, 0.3) is 0 Å². The lowest BCUT2D eigenvalue weighted by molar-refractivity contribution is -0.137. The van der Waals surface area contributed by atoms with Gasteiger partial charge in [0.15, 0.2) is 0 Å². The molecule has 0 fully saturated rings. The fourth-order valence-corrected chi connectivity index (χ4v) is 4.06. The van der Waals surface area contributed by atoms with Gasteiger partial charge in [-0.15, -0.1) is 6.58 Å². The van der Waals surface area contributed by atoms with Crippen LogP contribution in [0.15, 0.2) is 60.0 Å². The second-order valence-electron chi connectivity index (χ2n) is 6.36. The van der Waals surface area contributed by atoms with Crippen LogP contribution >= 0.6 is 0 Å². The maximum absolute atomic E-state index is 13.0. The molecule has 0 aliphatic carbocycles. The second-order valence-corrected chi connectivity index (χ2v) is 8.30. The molecular formula is C20H21F3N2O4S. The van der Waals surface area contributed by atoms with E-state index in [9.17, 15) is 26.4 Å². The van der Waals surface area contributed by atoms with Crippen LogP contribution < -0.4 is 10.1 Å². The van der Waals surface area contributed by atoms with Crippen molar-refractivity contribution in [1.29, 1.82) is 0 Å². The number of nitrogens with zero attached hydrogens (tertiary/aromatic N) is 1. The lowest BCUT2D eigenvalue weighted by Crippen LogP contribution is -2.38. The number of amides is 1. The molecule has 0 saturated heterocycles. The Kier molecular flexibility index (Phi) is 7.27. The number of hydrogen-bond acceptors (Lipinski definition) is 4. The van der Waals surface area contributed by atoms with Gasteiger partial charge in [-0.1, -0.05) is 18.2 Å². The normalized spacial score (nSPS) is 11.9. The lowest BCUT2D eigenvalue weighted by atomic mass is 10.2. The predicted octanol–water partition coefficient (Wildman–Crippen LogP) is 3.84. The first kappa shape index (κ1) is 23.4. The maximum Gasteiger partial charge on any atom is 0.416 e. The molecule has 0 unspecified atom stereocenters. The summed E-state index contributed by atoms with van der Waals surface area (Å²) >= 11 is 0. The smallest absolute Gasteiger partial charge is 0.416 e. The van der Waals surface area contributed by atoms with Crippen LogP contribution in [0.1, 0.15) is 11.1 Å². The molecule has 10 heteroatoms. The van der Waals surface area contributed by atoms with Crippen molar-refractivity contribution in [3.63, 3.8) is 0 Å². The van der Waals surface area contributed by atoms with Crippen LogP contribution in [0.3, 0.4) is 0 Å². The summed E-state index contributed by atoms with van der Waals surface area (Å²) in [6.45, 7) is 4.37. The van der Waals surface area contributed by atoms with E-state index in [4.69, 9.17) is 4.74 Å². The molecule has 30 heavy (non-hydrogen) atoms. The quantitative estimate of drug-likeness (QED) is 0.631. The zero-order valence-corrected chi connectivity index (χ0v) is 17.2. The first-order valence-corrected chi connectivity index (χ1v) is 10.2. The molecule has 0 spiro atoms. The summed E-state index contributed by atoms with van der Waals surface area (Å²) in [4.78, 5) is 11.9. The van der Waals surface area contributed by atoms with Gasteiger partial charge in [0.2, 0.25) is 15.9 Å². The van der Waals surface area contributed by atoms with Gasteiger partial charge >= 0.3 is 6.18 Å². The number of anilines is 1. The Bertz CT molecular complexity index is 1040. The van der Waals surface area contributed by atoms with Gasteiger partial charge in [0.05, 0.1) is 29.8 Å². The number of methoxy groups -OCH3 is 1. The Morgan fingerprint density at radius 1 is 1.23 bits per heavy atom. The van der Waals surface area contributed by atoms with Crippen molar-refractivity contribution < 1.29 is 31.1 Å². The minimum Gasteiger partial charge on any atom is -0.495 e. The molecule has 6 nitrogen and oxygen atoms in total. The molecule has 2 aromatic carbocycles. The van der Waals surface area contributed by atoms with Crippen molar-refractivity contribution >= 4 is 21.6 Å². The molecule has 0 aromatic heterocycles. The molecule has 0 bridgehead atoms. The van der Waals surface area contributed by atoms with Crippen LogP contribution in [-0.2, 0) is 21.0 Å². The van der Waals surface area contributed by atoms with E-state index in [1.165, 1.54) is 13.2 Å². The molecule has 2 aromatic rings. The standard InChI is InChI=1S/C20H21F3N2O4S/c1-4-10-25(13-19(26)24-17-11-14(2)8-9-18(17)29-3)30(27,28)16-7-5-6-15(12-16)20(21,22)23/h4-9,11-12H,1,10,13H2,2-3H3,(H,24,26). The second kappa shape index (κ2) is 9.31. The zero-order valence-electron chi connectivity index (χ0n) is 16.4. The van der Waals surface area contributed by atoms with Gasteiger partial charge < -0.3 is 10.1 Å². The van der Waals surface area contributed by atoms with Crippen LogP contribution in [0.2, 0.25) is 0 Å². The number of halogens is 3. The SMILES string of the molecule is C=CCN(CC(=O)Nc1cc(C)ccc1OC)S(=O)(=O)c1cccc(C(F)(F)F)c1. The summed E-state index contributed by atoms with van der Waals surface area (Å²) in [5, 5.41) is 2.57. The lowest BCUT2D eigenvalue weighted by Gasteiger charge is -2.21. The van der Waals surface area contributed by atoms with E-state index in [1.807, 2.05) is 0 Å². The largest absolute Gasteiger partial charge is 0.495 e. The Balaban J connectivity index is 2.30. The number of carbonyl (C=O) groups excluding carboxylic acids is 1. The predicted molar refractivity (Wildman–Crippen MR) is 107 cm³/mol. The molecule has 1 amide bonds. The molecule has 0 radical (unpaired) electrons. The highest BCUT2D eigenvalue weighted by atomic mass is 32.2. The number of rotatable bonds is 8. The monoisotopic (exact) mass is 442 g/mol. The summed E-state index contributed by atoms with van der Waals surface area (Å²) in [6.07, 6.45) is -3.46. The van der Waals surface area contributed by atoms with Crippen molar-refractivity contribution in [2.75, 3.05) is 25.5 Å². The van der Waals surface area contributed by atoms with Crippen molar-refractivity contribution in [2.45, 2.75) is 18.0 Å². The highest BCUT2D eigenvalue weighted by molar-refractivity contribution is 7.89. The van der Waals surface area contributed by atoms with E-state index < -0.39 is 39.1 Å². The van der Waals surface area contributed by atoms with Gasteiger partial charge in [0.1, 0.15) is 5.75 Å². The third kappa shape index (κ3) is 5.61. The van der Waals surface area contributed by atoms with E-state index in [-0.39, 0.29) is 6.54 Å². The summed E-state index contributed by atoms with van der Waals surface area (Å²) in [5.74, 6) is -0.304. The van der Waals surface area contributed by atoms with Crippen molar-refractivity contribution in [3.8, 4) is 5.75 Å². The van der Waals surface area contributed by atoms with Crippen molar-refractivity contribution in [2.24, 2.45) is 0 Å². The van der Waals surface area contributed by atoms with E-state index >= 15 is 0 Å². The fraction of sp³-hybridized carbons (Fsp3) is 0.250. The van der Waals surface area contributed by atoms with Crippen LogP contribution in [0.4, 0.5) is 18.9 Å². The van der Waals surface area contributed by atoms with E-state index in [0.29, 0.717) is 17.5 Å². The van der Waals surface area contributed by atoms with Crippen molar-refractivity contribution in [1.82, 2.24) is 4.31 Å². The van der Waals surface area contributed by atoms with Gasteiger partial charge in [-0.25, -0.2) is 8.42 Å². The molecule has 0 aliphatic heterocycles. The first-order valence-electron chi connectivity index (χ1n) is 8.72.